The van der Waals surface area contributed by atoms with E-state index in [1.165, 1.54) is 30.6 Å². The normalized spacial score (nSPS) is 16.5. The molecule has 3 nitrogen and oxygen atoms in total. The zero-order valence-electron chi connectivity index (χ0n) is 8.35. The second-order valence-corrected chi connectivity index (χ2v) is 3.99. The molecule has 0 aromatic carbocycles. The molecule has 0 radical (unpaired) electrons. The lowest BCUT2D eigenvalue weighted by molar-refractivity contribution is 0.635. The van der Waals surface area contributed by atoms with Gasteiger partial charge in [-0.15, -0.1) is 0 Å². The average molecular weight is 179 g/mol. The average Bonchev–Trinajstić information content (AvgIpc) is 2.86. The Morgan fingerprint density at radius 2 is 2.23 bits per heavy atom. The Hall–Kier alpha value is -0.830. The van der Waals surface area contributed by atoms with Crippen molar-refractivity contribution in [2.75, 3.05) is 6.54 Å². The number of nitrogens with zero attached hydrogens (tertiary/aromatic N) is 1. The van der Waals surface area contributed by atoms with Gasteiger partial charge in [0.25, 0.3) is 0 Å². The van der Waals surface area contributed by atoms with Crippen LogP contribution in [-0.2, 0) is 6.54 Å². The number of rotatable bonds is 4. The molecule has 1 aromatic rings. The first-order chi connectivity index (χ1) is 6.27. The number of hydrogen-bond acceptors (Lipinski definition) is 2. The highest BCUT2D eigenvalue weighted by atomic mass is 15.1. The van der Waals surface area contributed by atoms with E-state index in [0.29, 0.717) is 0 Å². The van der Waals surface area contributed by atoms with E-state index < -0.39 is 0 Å². The molecule has 1 aromatic heterocycles. The van der Waals surface area contributed by atoms with E-state index in [0.717, 1.165) is 18.2 Å². The Balaban J connectivity index is 1.84. The van der Waals surface area contributed by atoms with Crippen LogP contribution in [-0.4, -0.2) is 16.7 Å². The minimum absolute atomic E-state index is 0.951. The molecule has 2 rings (SSSR count). The van der Waals surface area contributed by atoms with Crippen molar-refractivity contribution in [1.82, 2.24) is 15.5 Å². The molecule has 0 bridgehead atoms. The Bertz CT molecular complexity index is 267. The molecule has 2 N–H and O–H groups in total. The third-order valence-electron chi connectivity index (χ3n) is 2.71. The Morgan fingerprint density at radius 1 is 1.46 bits per heavy atom. The van der Waals surface area contributed by atoms with E-state index in [1.54, 1.807) is 0 Å². The highest BCUT2D eigenvalue weighted by Gasteiger charge is 2.20. The van der Waals surface area contributed by atoms with E-state index >= 15 is 0 Å². The fourth-order valence-electron chi connectivity index (χ4n) is 1.56. The van der Waals surface area contributed by atoms with Crippen molar-refractivity contribution in [2.24, 2.45) is 5.92 Å². The lowest BCUT2D eigenvalue weighted by Crippen LogP contribution is -2.16. The topological polar surface area (TPSA) is 40.7 Å². The Kier molecular flexibility index (Phi) is 2.36. The SMILES string of the molecule is Cc1n[nH]c(C)c1CNCC1CC1. The zero-order chi connectivity index (χ0) is 9.26. The smallest absolute Gasteiger partial charge is 0.0638 e. The van der Waals surface area contributed by atoms with Crippen LogP contribution in [0.15, 0.2) is 0 Å². The molecule has 1 saturated carbocycles. The first-order valence-electron chi connectivity index (χ1n) is 4.98. The fourth-order valence-corrected chi connectivity index (χ4v) is 1.56. The second-order valence-electron chi connectivity index (χ2n) is 3.99. The molecule has 0 amide bonds. The van der Waals surface area contributed by atoms with Crippen LogP contribution in [0.3, 0.4) is 0 Å². The molecule has 1 aliphatic carbocycles. The summed E-state index contributed by atoms with van der Waals surface area (Å²) in [7, 11) is 0. The van der Waals surface area contributed by atoms with E-state index in [1.807, 2.05) is 0 Å². The first kappa shape index (κ1) is 8.75. The van der Waals surface area contributed by atoms with Crippen LogP contribution in [0.25, 0.3) is 0 Å². The molecule has 3 heteroatoms. The highest BCUT2D eigenvalue weighted by Crippen LogP contribution is 2.27. The molecule has 1 heterocycles. The van der Waals surface area contributed by atoms with Crippen LogP contribution < -0.4 is 5.32 Å². The van der Waals surface area contributed by atoms with E-state index in [9.17, 15) is 0 Å². The predicted octanol–water partition coefficient (Wildman–Crippen LogP) is 1.53. The van der Waals surface area contributed by atoms with Gasteiger partial charge in [0.05, 0.1) is 5.69 Å². The maximum absolute atomic E-state index is 4.16. The number of H-pyrrole nitrogens is 1. The predicted molar refractivity (Wildman–Crippen MR) is 52.5 cm³/mol. The summed E-state index contributed by atoms with van der Waals surface area (Å²) < 4.78 is 0. The van der Waals surface area contributed by atoms with Gasteiger partial charge < -0.3 is 5.32 Å². The van der Waals surface area contributed by atoms with Gasteiger partial charge in [0.15, 0.2) is 0 Å². The minimum Gasteiger partial charge on any atom is -0.312 e. The van der Waals surface area contributed by atoms with Crippen LogP contribution >= 0.6 is 0 Å². The summed E-state index contributed by atoms with van der Waals surface area (Å²) in [5, 5.41) is 10.6. The molecule has 13 heavy (non-hydrogen) atoms. The summed E-state index contributed by atoms with van der Waals surface area (Å²) in [6, 6.07) is 0. The summed E-state index contributed by atoms with van der Waals surface area (Å²) in [6.45, 7) is 6.26. The van der Waals surface area contributed by atoms with Crippen molar-refractivity contribution in [3.8, 4) is 0 Å². The van der Waals surface area contributed by atoms with Crippen molar-refractivity contribution in [3.05, 3.63) is 17.0 Å². The largest absolute Gasteiger partial charge is 0.312 e. The maximum Gasteiger partial charge on any atom is 0.0638 e. The quantitative estimate of drug-likeness (QED) is 0.736. The summed E-state index contributed by atoms with van der Waals surface area (Å²) in [5.41, 5.74) is 3.65. The molecular formula is C10H17N3. The van der Waals surface area contributed by atoms with Crippen LogP contribution in [0, 0.1) is 19.8 Å². The van der Waals surface area contributed by atoms with Crippen molar-refractivity contribution in [1.29, 1.82) is 0 Å². The van der Waals surface area contributed by atoms with Crippen molar-refractivity contribution >= 4 is 0 Å². The Morgan fingerprint density at radius 3 is 2.77 bits per heavy atom. The van der Waals surface area contributed by atoms with E-state index in [-0.39, 0.29) is 0 Å². The van der Waals surface area contributed by atoms with E-state index in [2.05, 4.69) is 29.4 Å². The number of nitrogens with one attached hydrogen (secondary N) is 2. The van der Waals surface area contributed by atoms with Crippen molar-refractivity contribution < 1.29 is 0 Å². The molecule has 72 valence electrons. The van der Waals surface area contributed by atoms with Crippen LogP contribution in [0.4, 0.5) is 0 Å². The third kappa shape index (κ3) is 2.10. The number of aromatic amines is 1. The second kappa shape index (κ2) is 3.50. The van der Waals surface area contributed by atoms with Gasteiger partial charge in [-0.1, -0.05) is 0 Å². The first-order valence-corrected chi connectivity index (χ1v) is 4.98. The van der Waals surface area contributed by atoms with Gasteiger partial charge in [0.2, 0.25) is 0 Å². The minimum atomic E-state index is 0.951. The molecule has 0 unspecified atom stereocenters. The number of aromatic nitrogens is 2. The van der Waals surface area contributed by atoms with Gasteiger partial charge in [0.1, 0.15) is 0 Å². The van der Waals surface area contributed by atoms with Gasteiger partial charge in [-0.2, -0.15) is 5.10 Å². The Labute approximate surface area is 78.9 Å². The fraction of sp³-hybridized carbons (Fsp3) is 0.700. The number of hydrogen-bond donors (Lipinski definition) is 2. The standard InChI is InChI=1S/C10H17N3/c1-7-10(8(2)13-12-7)6-11-5-9-3-4-9/h9,11H,3-6H2,1-2H3,(H,12,13). The van der Waals surface area contributed by atoms with Crippen LogP contribution in [0.1, 0.15) is 29.8 Å². The van der Waals surface area contributed by atoms with E-state index in [4.69, 9.17) is 0 Å². The summed E-state index contributed by atoms with van der Waals surface area (Å²) in [5.74, 6) is 0.951. The molecular weight excluding hydrogens is 162 g/mol. The molecule has 1 fully saturated rings. The molecule has 0 spiro atoms. The van der Waals surface area contributed by atoms with Crippen molar-refractivity contribution in [3.63, 3.8) is 0 Å². The van der Waals surface area contributed by atoms with Gasteiger partial charge in [-0.25, -0.2) is 0 Å². The highest BCUT2D eigenvalue weighted by molar-refractivity contribution is 5.22. The zero-order valence-corrected chi connectivity index (χ0v) is 8.35. The lowest BCUT2D eigenvalue weighted by atomic mass is 10.2. The van der Waals surface area contributed by atoms with Gasteiger partial charge in [-0.3, -0.25) is 5.10 Å². The summed E-state index contributed by atoms with van der Waals surface area (Å²) in [6.07, 6.45) is 2.83. The lowest BCUT2D eigenvalue weighted by Gasteiger charge is -2.03. The molecule has 0 atom stereocenters. The monoisotopic (exact) mass is 179 g/mol. The number of aryl methyl sites for hydroxylation is 2. The van der Waals surface area contributed by atoms with Gasteiger partial charge >= 0.3 is 0 Å². The molecule has 0 aliphatic heterocycles. The molecule has 0 saturated heterocycles. The molecule has 1 aliphatic rings. The van der Waals surface area contributed by atoms with Crippen molar-refractivity contribution in [2.45, 2.75) is 33.2 Å². The third-order valence-corrected chi connectivity index (χ3v) is 2.71. The van der Waals surface area contributed by atoms with Gasteiger partial charge in [-0.05, 0) is 39.2 Å². The van der Waals surface area contributed by atoms with Gasteiger partial charge in [0, 0.05) is 17.8 Å². The van der Waals surface area contributed by atoms with Crippen LogP contribution in [0.2, 0.25) is 0 Å². The van der Waals surface area contributed by atoms with Crippen LogP contribution in [0.5, 0.6) is 0 Å². The summed E-state index contributed by atoms with van der Waals surface area (Å²) in [4.78, 5) is 0. The maximum atomic E-state index is 4.16. The summed E-state index contributed by atoms with van der Waals surface area (Å²) >= 11 is 0.